The van der Waals surface area contributed by atoms with Crippen molar-refractivity contribution in [2.75, 3.05) is 13.1 Å². The van der Waals surface area contributed by atoms with E-state index in [0.717, 1.165) is 5.92 Å². The minimum Gasteiger partial charge on any atom is -0.316 e. The molecule has 1 unspecified atom stereocenters. The summed E-state index contributed by atoms with van der Waals surface area (Å²) in [6.45, 7) is 4.51. The van der Waals surface area contributed by atoms with E-state index < -0.39 is 0 Å². The molecule has 1 aromatic carbocycles. The Hall–Kier alpha value is -0.340. The van der Waals surface area contributed by atoms with Gasteiger partial charge in [-0.15, -0.1) is 0 Å². The first-order valence-electron chi connectivity index (χ1n) is 5.21. The Labute approximate surface area is 94.0 Å². The smallest absolute Gasteiger partial charge is 0.0207 e. The quantitative estimate of drug-likeness (QED) is 0.855. The Bertz CT molecular complexity index is 316. The van der Waals surface area contributed by atoms with Crippen molar-refractivity contribution in [3.05, 3.63) is 33.8 Å². The van der Waals surface area contributed by atoms with Gasteiger partial charge in [-0.05, 0) is 56.0 Å². The van der Waals surface area contributed by atoms with Crippen LogP contribution in [0.3, 0.4) is 0 Å². The fourth-order valence-electron chi connectivity index (χ4n) is 1.99. The van der Waals surface area contributed by atoms with Gasteiger partial charge in [0.05, 0.1) is 0 Å². The Balaban J connectivity index is 2.05. The second-order valence-corrected chi connectivity index (χ2v) is 5.00. The molecular formula is C12H16BrN. The van der Waals surface area contributed by atoms with Gasteiger partial charge in [-0.25, -0.2) is 0 Å². The third-order valence-electron chi connectivity index (χ3n) is 2.92. The van der Waals surface area contributed by atoms with Gasteiger partial charge < -0.3 is 5.32 Å². The number of rotatable bonds is 2. The molecule has 76 valence electrons. The summed E-state index contributed by atoms with van der Waals surface area (Å²) < 4.78 is 1.24. The molecule has 0 amide bonds. The Morgan fingerprint density at radius 3 is 3.00 bits per heavy atom. The zero-order chi connectivity index (χ0) is 9.97. The Kier molecular flexibility index (Phi) is 3.24. The molecule has 0 radical (unpaired) electrons. The molecule has 0 bridgehead atoms. The van der Waals surface area contributed by atoms with Gasteiger partial charge in [-0.2, -0.15) is 0 Å². The molecule has 1 aliphatic rings. The molecule has 1 saturated heterocycles. The van der Waals surface area contributed by atoms with Crippen LogP contribution in [0.15, 0.2) is 22.7 Å². The van der Waals surface area contributed by atoms with E-state index in [1.54, 1.807) is 0 Å². The summed E-state index contributed by atoms with van der Waals surface area (Å²) in [5.74, 6) is 0.838. The van der Waals surface area contributed by atoms with Crippen LogP contribution in [0.5, 0.6) is 0 Å². The van der Waals surface area contributed by atoms with Crippen molar-refractivity contribution in [1.82, 2.24) is 5.32 Å². The number of nitrogens with one attached hydrogen (secondary N) is 1. The second kappa shape index (κ2) is 4.45. The first-order valence-corrected chi connectivity index (χ1v) is 6.01. The minimum atomic E-state index is 0.838. The monoisotopic (exact) mass is 253 g/mol. The van der Waals surface area contributed by atoms with Gasteiger partial charge in [0, 0.05) is 4.47 Å². The third-order valence-corrected chi connectivity index (χ3v) is 3.78. The van der Waals surface area contributed by atoms with Crippen LogP contribution in [0.25, 0.3) is 0 Å². The highest BCUT2D eigenvalue weighted by Gasteiger charge is 2.14. The van der Waals surface area contributed by atoms with Crippen molar-refractivity contribution in [1.29, 1.82) is 0 Å². The van der Waals surface area contributed by atoms with Crippen LogP contribution in [0.1, 0.15) is 17.5 Å². The van der Waals surface area contributed by atoms with Crippen LogP contribution in [0.4, 0.5) is 0 Å². The maximum atomic E-state index is 3.58. The van der Waals surface area contributed by atoms with Gasteiger partial charge in [0.1, 0.15) is 0 Å². The summed E-state index contributed by atoms with van der Waals surface area (Å²) >= 11 is 3.58. The molecule has 1 aliphatic heterocycles. The fraction of sp³-hybridized carbons (Fsp3) is 0.500. The van der Waals surface area contributed by atoms with Gasteiger partial charge in [0.15, 0.2) is 0 Å². The van der Waals surface area contributed by atoms with E-state index in [0.29, 0.717) is 0 Å². The summed E-state index contributed by atoms with van der Waals surface area (Å²) in [5, 5.41) is 3.41. The van der Waals surface area contributed by atoms with Crippen LogP contribution in [0.2, 0.25) is 0 Å². The van der Waals surface area contributed by atoms with Crippen LogP contribution in [-0.4, -0.2) is 13.1 Å². The zero-order valence-corrected chi connectivity index (χ0v) is 10.1. The van der Waals surface area contributed by atoms with Crippen LogP contribution in [-0.2, 0) is 6.42 Å². The molecule has 1 heterocycles. The van der Waals surface area contributed by atoms with Gasteiger partial charge in [0.2, 0.25) is 0 Å². The summed E-state index contributed by atoms with van der Waals surface area (Å²) in [7, 11) is 0. The number of aryl methyl sites for hydroxylation is 1. The van der Waals surface area contributed by atoms with Crippen molar-refractivity contribution in [2.45, 2.75) is 19.8 Å². The normalized spacial score (nSPS) is 21.4. The predicted molar refractivity (Wildman–Crippen MR) is 63.6 cm³/mol. The maximum absolute atomic E-state index is 3.58. The molecule has 2 rings (SSSR count). The van der Waals surface area contributed by atoms with E-state index in [1.807, 2.05) is 0 Å². The van der Waals surface area contributed by atoms with Crippen molar-refractivity contribution in [3.8, 4) is 0 Å². The zero-order valence-electron chi connectivity index (χ0n) is 8.52. The summed E-state index contributed by atoms with van der Waals surface area (Å²) in [5.41, 5.74) is 2.77. The van der Waals surface area contributed by atoms with E-state index in [4.69, 9.17) is 0 Å². The molecule has 0 saturated carbocycles. The molecule has 0 aromatic heterocycles. The fourth-order valence-corrected chi connectivity index (χ4v) is 2.41. The topological polar surface area (TPSA) is 12.0 Å². The van der Waals surface area contributed by atoms with Gasteiger partial charge in [-0.1, -0.05) is 28.1 Å². The van der Waals surface area contributed by atoms with Crippen LogP contribution in [0, 0.1) is 12.8 Å². The summed E-state index contributed by atoms with van der Waals surface area (Å²) in [6.07, 6.45) is 2.54. The van der Waals surface area contributed by atoms with Crippen molar-refractivity contribution in [3.63, 3.8) is 0 Å². The van der Waals surface area contributed by atoms with Crippen molar-refractivity contribution < 1.29 is 0 Å². The van der Waals surface area contributed by atoms with E-state index in [2.05, 4.69) is 46.4 Å². The molecule has 1 N–H and O–H groups in total. The maximum Gasteiger partial charge on any atom is 0.0207 e. The molecule has 2 heteroatoms. The molecule has 1 atom stereocenters. The number of hydrogen-bond acceptors (Lipinski definition) is 1. The molecule has 1 nitrogen and oxygen atoms in total. The van der Waals surface area contributed by atoms with E-state index in [-0.39, 0.29) is 0 Å². The van der Waals surface area contributed by atoms with Crippen LogP contribution >= 0.6 is 15.9 Å². The molecular weight excluding hydrogens is 238 g/mol. The largest absolute Gasteiger partial charge is 0.316 e. The van der Waals surface area contributed by atoms with E-state index in [1.165, 1.54) is 41.5 Å². The lowest BCUT2D eigenvalue weighted by Gasteiger charge is -2.09. The number of hydrogen-bond donors (Lipinski definition) is 1. The SMILES string of the molecule is Cc1ccc(CC2CCNC2)cc1Br. The highest BCUT2D eigenvalue weighted by Crippen LogP contribution is 2.21. The first-order chi connectivity index (χ1) is 6.75. The Morgan fingerprint density at radius 1 is 1.50 bits per heavy atom. The minimum absolute atomic E-state index is 0.838. The molecule has 1 aromatic rings. The highest BCUT2D eigenvalue weighted by molar-refractivity contribution is 9.10. The lowest BCUT2D eigenvalue weighted by atomic mass is 9.98. The second-order valence-electron chi connectivity index (χ2n) is 4.15. The van der Waals surface area contributed by atoms with Crippen molar-refractivity contribution >= 4 is 15.9 Å². The lowest BCUT2D eigenvalue weighted by molar-refractivity contribution is 0.580. The first kappa shape index (κ1) is 10.2. The molecule has 0 aliphatic carbocycles. The van der Waals surface area contributed by atoms with E-state index >= 15 is 0 Å². The van der Waals surface area contributed by atoms with Crippen molar-refractivity contribution in [2.24, 2.45) is 5.92 Å². The van der Waals surface area contributed by atoms with Gasteiger partial charge >= 0.3 is 0 Å². The predicted octanol–water partition coefficient (Wildman–Crippen LogP) is 2.91. The average Bonchev–Trinajstić information content (AvgIpc) is 2.64. The highest BCUT2D eigenvalue weighted by atomic mass is 79.9. The molecule has 14 heavy (non-hydrogen) atoms. The molecule has 0 spiro atoms. The van der Waals surface area contributed by atoms with Crippen LogP contribution < -0.4 is 5.32 Å². The van der Waals surface area contributed by atoms with E-state index in [9.17, 15) is 0 Å². The third kappa shape index (κ3) is 2.37. The number of benzene rings is 1. The summed E-state index contributed by atoms with van der Waals surface area (Å²) in [4.78, 5) is 0. The number of halogens is 1. The standard InChI is InChI=1S/C12H16BrN/c1-9-2-3-10(7-12(9)13)6-11-4-5-14-8-11/h2-3,7,11,14H,4-6,8H2,1H3. The Morgan fingerprint density at radius 2 is 2.36 bits per heavy atom. The summed E-state index contributed by atoms with van der Waals surface area (Å²) in [6, 6.07) is 6.70. The van der Waals surface area contributed by atoms with Gasteiger partial charge in [0.25, 0.3) is 0 Å². The lowest BCUT2D eigenvalue weighted by Crippen LogP contribution is -2.10. The molecule has 1 fully saturated rings. The van der Waals surface area contributed by atoms with Gasteiger partial charge in [-0.3, -0.25) is 0 Å². The average molecular weight is 254 g/mol.